The highest BCUT2D eigenvalue weighted by molar-refractivity contribution is 7.15. The maximum Gasteiger partial charge on any atom is 0.233 e. The van der Waals surface area contributed by atoms with Gasteiger partial charge in [-0.2, -0.15) is 0 Å². The number of carbonyl (C=O) groups excluding carboxylic acids is 1. The minimum Gasteiger partial charge on any atom is -0.329 e. The van der Waals surface area contributed by atoms with Crippen molar-refractivity contribution < 1.29 is 4.79 Å². The van der Waals surface area contributed by atoms with Gasteiger partial charge in [0, 0.05) is 6.54 Å². The highest BCUT2D eigenvalue weighted by Crippen LogP contribution is 2.38. The Morgan fingerprint density at radius 3 is 2.69 bits per heavy atom. The SMILES string of the molecule is Cc1nnc(NC(=O)C2(CN)CCCC2)s1. The molecule has 16 heavy (non-hydrogen) atoms. The Morgan fingerprint density at radius 1 is 1.50 bits per heavy atom. The molecule has 0 aliphatic heterocycles. The summed E-state index contributed by atoms with van der Waals surface area (Å²) in [6.45, 7) is 2.28. The number of anilines is 1. The summed E-state index contributed by atoms with van der Waals surface area (Å²) >= 11 is 1.39. The molecular formula is C10H16N4OS. The van der Waals surface area contributed by atoms with E-state index in [1.54, 1.807) is 0 Å². The Balaban J connectivity index is 2.07. The van der Waals surface area contributed by atoms with Gasteiger partial charge in [-0.1, -0.05) is 24.2 Å². The van der Waals surface area contributed by atoms with E-state index in [1.807, 2.05) is 6.92 Å². The number of nitrogens with one attached hydrogen (secondary N) is 1. The second-order valence-corrected chi connectivity index (χ2v) is 5.45. The second kappa shape index (κ2) is 4.47. The number of aryl methyl sites for hydroxylation is 1. The van der Waals surface area contributed by atoms with Crippen LogP contribution in [0.3, 0.4) is 0 Å². The van der Waals surface area contributed by atoms with Crippen LogP contribution in [0, 0.1) is 12.3 Å². The van der Waals surface area contributed by atoms with E-state index in [2.05, 4.69) is 15.5 Å². The van der Waals surface area contributed by atoms with E-state index in [-0.39, 0.29) is 11.3 Å². The van der Waals surface area contributed by atoms with Crippen molar-refractivity contribution in [1.29, 1.82) is 0 Å². The number of hydrogen-bond donors (Lipinski definition) is 2. The van der Waals surface area contributed by atoms with Crippen LogP contribution in [-0.2, 0) is 4.79 Å². The van der Waals surface area contributed by atoms with Crippen LogP contribution in [0.15, 0.2) is 0 Å². The fourth-order valence-corrected chi connectivity index (χ4v) is 2.74. The van der Waals surface area contributed by atoms with Gasteiger partial charge in [-0.25, -0.2) is 0 Å². The molecular weight excluding hydrogens is 224 g/mol. The molecule has 1 aromatic rings. The zero-order valence-corrected chi connectivity index (χ0v) is 10.1. The van der Waals surface area contributed by atoms with Crippen molar-refractivity contribution in [3.63, 3.8) is 0 Å². The Hall–Kier alpha value is -1.01. The predicted octanol–water partition coefficient (Wildman–Crippen LogP) is 1.30. The summed E-state index contributed by atoms with van der Waals surface area (Å²) in [6, 6.07) is 0. The first-order valence-electron chi connectivity index (χ1n) is 5.48. The smallest absolute Gasteiger partial charge is 0.233 e. The molecule has 1 heterocycles. The lowest BCUT2D eigenvalue weighted by Crippen LogP contribution is -2.40. The third kappa shape index (κ3) is 2.08. The fourth-order valence-electron chi connectivity index (χ4n) is 2.15. The van der Waals surface area contributed by atoms with Gasteiger partial charge < -0.3 is 5.73 Å². The molecule has 1 amide bonds. The lowest BCUT2D eigenvalue weighted by atomic mass is 9.85. The maximum absolute atomic E-state index is 12.1. The van der Waals surface area contributed by atoms with E-state index >= 15 is 0 Å². The molecule has 2 rings (SSSR count). The van der Waals surface area contributed by atoms with Crippen molar-refractivity contribution in [2.45, 2.75) is 32.6 Å². The first-order valence-corrected chi connectivity index (χ1v) is 6.29. The summed E-state index contributed by atoms with van der Waals surface area (Å²) < 4.78 is 0. The number of hydrogen-bond acceptors (Lipinski definition) is 5. The van der Waals surface area contributed by atoms with Crippen molar-refractivity contribution >= 4 is 22.4 Å². The van der Waals surface area contributed by atoms with Gasteiger partial charge in [0.1, 0.15) is 5.01 Å². The van der Waals surface area contributed by atoms with Crippen molar-refractivity contribution in [2.24, 2.45) is 11.1 Å². The molecule has 1 saturated carbocycles. The maximum atomic E-state index is 12.1. The number of rotatable bonds is 3. The molecule has 0 aromatic carbocycles. The molecule has 0 unspecified atom stereocenters. The molecule has 0 saturated heterocycles. The van der Waals surface area contributed by atoms with Gasteiger partial charge >= 0.3 is 0 Å². The van der Waals surface area contributed by atoms with Gasteiger partial charge in [0.15, 0.2) is 0 Å². The van der Waals surface area contributed by atoms with E-state index in [9.17, 15) is 4.79 Å². The molecule has 0 radical (unpaired) electrons. The number of aromatic nitrogens is 2. The van der Waals surface area contributed by atoms with Crippen LogP contribution in [0.5, 0.6) is 0 Å². The van der Waals surface area contributed by atoms with E-state index in [0.717, 1.165) is 30.7 Å². The zero-order chi connectivity index (χ0) is 11.6. The van der Waals surface area contributed by atoms with Crippen LogP contribution in [-0.4, -0.2) is 22.6 Å². The Labute approximate surface area is 98.4 Å². The Bertz CT molecular complexity index is 384. The topological polar surface area (TPSA) is 80.9 Å². The van der Waals surface area contributed by atoms with Crippen molar-refractivity contribution in [3.8, 4) is 0 Å². The highest BCUT2D eigenvalue weighted by Gasteiger charge is 2.40. The fraction of sp³-hybridized carbons (Fsp3) is 0.700. The molecule has 0 bridgehead atoms. The van der Waals surface area contributed by atoms with E-state index in [4.69, 9.17) is 5.73 Å². The van der Waals surface area contributed by atoms with Crippen molar-refractivity contribution in [2.75, 3.05) is 11.9 Å². The minimum absolute atomic E-state index is 0.00338. The van der Waals surface area contributed by atoms with Crippen LogP contribution in [0.1, 0.15) is 30.7 Å². The largest absolute Gasteiger partial charge is 0.329 e. The van der Waals surface area contributed by atoms with E-state index in [1.165, 1.54) is 11.3 Å². The van der Waals surface area contributed by atoms with Gasteiger partial charge in [-0.15, -0.1) is 10.2 Å². The summed E-state index contributed by atoms with van der Waals surface area (Å²) in [5.41, 5.74) is 5.36. The molecule has 6 heteroatoms. The standard InChI is InChI=1S/C10H16N4OS/c1-7-13-14-9(16-7)12-8(15)10(6-11)4-2-3-5-10/h2-6,11H2,1H3,(H,12,14,15). The lowest BCUT2D eigenvalue weighted by Gasteiger charge is -2.24. The Kier molecular flexibility index (Phi) is 3.20. The third-order valence-electron chi connectivity index (χ3n) is 3.18. The molecule has 0 atom stereocenters. The van der Waals surface area contributed by atoms with Gasteiger partial charge in [-0.3, -0.25) is 10.1 Å². The average molecular weight is 240 g/mol. The average Bonchev–Trinajstić information content (AvgIpc) is 2.88. The summed E-state index contributed by atoms with van der Waals surface area (Å²) in [5, 5.41) is 12.0. The molecule has 88 valence electrons. The van der Waals surface area contributed by atoms with E-state index in [0.29, 0.717) is 11.7 Å². The molecule has 1 fully saturated rings. The summed E-state index contributed by atoms with van der Waals surface area (Å²) in [7, 11) is 0. The minimum atomic E-state index is -0.375. The molecule has 3 N–H and O–H groups in total. The van der Waals surface area contributed by atoms with Crippen LogP contribution in [0.2, 0.25) is 0 Å². The van der Waals surface area contributed by atoms with Gasteiger partial charge in [0.05, 0.1) is 5.41 Å². The van der Waals surface area contributed by atoms with Crippen LogP contribution in [0.25, 0.3) is 0 Å². The van der Waals surface area contributed by atoms with Crippen LogP contribution < -0.4 is 11.1 Å². The number of carbonyl (C=O) groups is 1. The van der Waals surface area contributed by atoms with Gasteiger partial charge in [-0.05, 0) is 19.8 Å². The molecule has 1 aromatic heterocycles. The van der Waals surface area contributed by atoms with Gasteiger partial charge in [0.2, 0.25) is 11.0 Å². The first kappa shape index (κ1) is 11.5. The normalized spacial score (nSPS) is 18.6. The first-order chi connectivity index (χ1) is 7.66. The van der Waals surface area contributed by atoms with Crippen LogP contribution >= 0.6 is 11.3 Å². The quantitative estimate of drug-likeness (QED) is 0.834. The zero-order valence-electron chi connectivity index (χ0n) is 9.32. The monoisotopic (exact) mass is 240 g/mol. The Morgan fingerprint density at radius 2 is 2.19 bits per heavy atom. The molecule has 5 nitrogen and oxygen atoms in total. The van der Waals surface area contributed by atoms with Crippen LogP contribution in [0.4, 0.5) is 5.13 Å². The molecule has 1 aliphatic carbocycles. The number of amides is 1. The van der Waals surface area contributed by atoms with Crippen molar-refractivity contribution in [1.82, 2.24) is 10.2 Å². The number of nitrogens with two attached hydrogens (primary N) is 1. The molecule has 0 spiro atoms. The molecule has 1 aliphatic rings. The summed E-state index contributed by atoms with van der Waals surface area (Å²) in [4.78, 5) is 12.1. The van der Waals surface area contributed by atoms with Gasteiger partial charge in [0.25, 0.3) is 0 Å². The second-order valence-electron chi connectivity index (χ2n) is 4.27. The third-order valence-corrected chi connectivity index (χ3v) is 3.93. The predicted molar refractivity (Wildman–Crippen MR) is 63.2 cm³/mol. The highest BCUT2D eigenvalue weighted by atomic mass is 32.1. The summed E-state index contributed by atoms with van der Waals surface area (Å²) in [5.74, 6) is 0.00338. The lowest BCUT2D eigenvalue weighted by molar-refractivity contribution is -0.124. The van der Waals surface area contributed by atoms with Crippen molar-refractivity contribution in [3.05, 3.63) is 5.01 Å². The summed E-state index contributed by atoms with van der Waals surface area (Å²) in [6.07, 6.45) is 3.93. The number of nitrogens with zero attached hydrogens (tertiary/aromatic N) is 2. The van der Waals surface area contributed by atoms with E-state index < -0.39 is 0 Å².